The minimum Gasteiger partial charge on any atom is -0.340 e. The predicted molar refractivity (Wildman–Crippen MR) is 158 cm³/mol. The number of piperazine rings is 1. The number of anilines is 1. The van der Waals surface area contributed by atoms with Crippen LogP contribution >= 0.6 is 11.3 Å². The zero-order valence-corrected chi connectivity index (χ0v) is 22.9. The van der Waals surface area contributed by atoms with Gasteiger partial charge in [-0.05, 0) is 36.1 Å². The highest BCUT2D eigenvalue weighted by molar-refractivity contribution is 7.22. The maximum atomic E-state index is 13.5. The van der Waals surface area contributed by atoms with E-state index in [2.05, 4.69) is 64.1 Å². The van der Waals surface area contributed by atoms with E-state index in [9.17, 15) is 9.59 Å². The fourth-order valence-electron chi connectivity index (χ4n) is 5.09. The summed E-state index contributed by atoms with van der Waals surface area (Å²) >= 11 is 1.47. The van der Waals surface area contributed by atoms with Crippen molar-refractivity contribution in [1.82, 2.24) is 20.1 Å². The van der Waals surface area contributed by atoms with Gasteiger partial charge in [-0.2, -0.15) is 0 Å². The molecule has 1 saturated heterocycles. The van der Waals surface area contributed by atoms with E-state index < -0.39 is 0 Å². The van der Waals surface area contributed by atoms with Gasteiger partial charge in [-0.25, -0.2) is 9.78 Å². The predicted octanol–water partition coefficient (Wildman–Crippen LogP) is 5.56. The number of hydrogen-bond donors (Lipinski definition) is 2. The van der Waals surface area contributed by atoms with Crippen LogP contribution in [-0.2, 0) is 4.79 Å². The van der Waals surface area contributed by atoms with Gasteiger partial charge in [0.05, 0.1) is 10.2 Å². The lowest BCUT2D eigenvalue weighted by Crippen LogP contribution is -2.46. The molecule has 0 spiro atoms. The first-order chi connectivity index (χ1) is 19.2. The molecule has 1 aliphatic heterocycles. The molecule has 7 nitrogen and oxygen atoms in total. The zero-order valence-electron chi connectivity index (χ0n) is 22.1. The fourth-order valence-corrected chi connectivity index (χ4v) is 5.94. The third kappa shape index (κ3) is 7.22. The van der Waals surface area contributed by atoms with Gasteiger partial charge in [0.25, 0.3) is 0 Å². The van der Waals surface area contributed by atoms with Gasteiger partial charge in [0.2, 0.25) is 5.91 Å². The van der Waals surface area contributed by atoms with Gasteiger partial charge in [-0.15, -0.1) is 0 Å². The Morgan fingerprint density at radius 3 is 2.21 bits per heavy atom. The van der Waals surface area contributed by atoms with Gasteiger partial charge in [-0.3, -0.25) is 10.1 Å². The molecule has 202 valence electrons. The van der Waals surface area contributed by atoms with Gasteiger partial charge >= 0.3 is 6.03 Å². The Labute approximate surface area is 233 Å². The van der Waals surface area contributed by atoms with Crippen LogP contribution in [0.3, 0.4) is 0 Å². The van der Waals surface area contributed by atoms with E-state index in [-0.39, 0.29) is 17.9 Å². The molecular weight excluding hydrogens is 506 g/mol. The van der Waals surface area contributed by atoms with E-state index in [4.69, 9.17) is 0 Å². The maximum Gasteiger partial charge on any atom is 0.323 e. The summed E-state index contributed by atoms with van der Waals surface area (Å²) in [7, 11) is 0. The van der Waals surface area contributed by atoms with E-state index in [1.165, 1.54) is 22.5 Å². The largest absolute Gasteiger partial charge is 0.340 e. The highest BCUT2D eigenvalue weighted by Gasteiger charge is 2.21. The molecule has 5 rings (SSSR count). The Kier molecular flexibility index (Phi) is 9.19. The summed E-state index contributed by atoms with van der Waals surface area (Å²) in [4.78, 5) is 34.6. The minimum atomic E-state index is -0.177. The lowest BCUT2D eigenvalue weighted by Gasteiger charge is -2.28. The van der Waals surface area contributed by atoms with Crippen molar-refractivity contribution >= 4 is 38.6 Å². The standard InChI is InChI=1S/C31H35N5O2S/c37-29(35-22-18-32-19-23-35)16-9-20-36(31(38)34-30-33-27-14-7-8-15-28(27)39-30)21-17-26(24-10-3-1-4-11-24)25-12-5-2-6-13-25/h1-8,10-15,26,32H,9,16-23H2,(H,33,34,38). The molecule has 0 bridgehead atoms. The third-order valence-corrected chi connectivity index (χ3v) is 8.13. The minimum absolute atomic E-state index is 0.160. The number of urea groups is 1. The number of benzene rings is 3. The molecule has 1 fully saturated rings. The Morgan fingerprint density at radius 1 is 0.897 bits per heavy atom. The number of aromatic nitrogens is 1. The van der Waals surface area contributed by atoms with Crippen molar-refractivity contribution in [3.8, 4) is 0 Å². The second-order valence-corrected chi connectivity index (χ2v) is 10.8. The molecule has 0 saturated carbocycles. The normalized spacial score (nSPS) is 13.5. The quantitative estimate of drug-likeness (QED) is 0.275. The molecule has 0 atom stereocenters. The van der Waals surface area contributed by atoms with Crippen molar-refractivity contribution in [2.75, 3.05) is 44.6 Å². The van der Waals surface area contributed by atoms with Crippen LogP contribution in [0.1, 0.15) is 36.3 Å². The molecule has 0 aliphatic carbocycles. The summed E-state index contributed by atoms with van der Waals surface area (Å²) in [6.45, 7) is 4.23. The second-order valence-electron chi connectivity index (χ2n) is 9.80. The number of hydrogen-bond acceptors (Lipinski definition) is 5. The van der Waals surface area contributed by atoms with Crippen molar-refractivity contribution < 1.29 is 9.59 Å². The molecule has 2 heterocycles. The van der Waals surface area contributed by atoms with Crippen LogP contribution in [-0.4, -0.2) is 66.0 Å². The first-order valence-corrected chi connectivity index (χ1v) is 14.5. The lowest BCUT2D eigenvalue weighted by atomic mass is 9.88. The Morgan fingerprint density at radius 2 is 1.54 bits per heavy atom. The molecule has 3 amide bonds. The lowest BCUT2D eigenvalue weighted by molar-refractivity contribution is -0.131. The number of amides is 3. The van der Waals surface area contributed by atoms with Crippen LogP contribution < -0.4 is 10.6 Å². The van der Waals surface area contributed by atoms with Crippen LogP contribution in [0.25, 0.3) is 10.2 Å². The van der Waals surface area contributed by atoms with Crippen LogP contribution in [0, 0.1) is 0 Å². The van der Waals surface area contributed by atoms with E-state index >= 15 is 0 Å². The fraction of sp³-hybridized carbons (Fsp3) is 0.323. The van der Waals surface area contributed by atoms with Crippen molar-refractivity contribution in [2.45, 2.75) is 25.2 Å². The molecule has 0 radical (unpaired) electrons. The van der Waals surface area contributed by atoms with E-state index in [0.29, 0.717) is 31.1 Å². The Bertz CT molecular complexity index is 1280. The number of para-hydroxylation sites is 1. The molecule has 1 aliphatic rings. The van der Waals surface area contributed by atoms with Crippen LogP contribution in [0.5, 0.6) is 0 Å². The Balaban J connectivity index is 1.29. The van der Waals surface area contributed by atoms with Gasteiger partial charge < -0.3 is 15.1 Å². The molecule has 3 aromatic carbocycles. The molecule has 0 unspecified atom stereocenters. The van der Waals surface area contributed by atoms with Gasteiger partial charge in [-0.1, -0.05) is 84.1 Å². The summed E-state index contributed by atoms with van der Waals surface area (Å²) in [5, 5.41) is 6.90. The SMILES string of the molecule is O=C(CCCN(CCC(c1ccccc1)c1ccccc1)C(=O)Nc1nc2ccccc2s1)N1CCNCC1. The summed E-state index contributed by atoms with van der Waals surface area (Å²) in [5.41, 5.74) is 3.33. The molecule has 39 heavy (non-hydrogen) atoms. The molecular formula is C31H35N5O2S. The maximum absolute atomic E-state index is 13.5. The van der Waals surface area contributed by atoms with Crippen molar-refractivity contribution in [3.63, 3.8) is 0 Å². The summed E-state index contributed by atoms with van der Waals surface area (Å²) < 4.78 is 1.04. The molecule has 1 aromatic heterocycles. The van der Waals surface area contributed by atoms with Crippen LogP contribution in [0.15, 0.2) is 84.9 Å². The van der Waals surface area contributed by atoms with Crippen molar-refractivity contribution in [2.24, 2.45) is 0 Å². The highest BCUT2D eigenvalue weighted by Crippen LogP contribution is 2.29. The number of carbonyl (C=O) groups excluding carboxylic acids is 2. The number of nitrogens with zero attached hydrogens (tertiary/aromatic N) is 3. The molecule has 2 N–H and O–H groups in total. The van der Waals surface area contributed by atoms with Crippen molar-refractivity contribution in [1.29, 1.82) is 0 Å². The van der Waals surface area contributed by atoms with Crippen LogP contribution in [0.4, 0.5) is 9.93 Å². The topological polar surface area (TPSA) is 77.6 Å². The third-order valence-electron chi connectivity index (χ3n) is 7.17. The second kappa shape index (κ2) is 13.4. The molecule has 4 aromatic rings. The molecule has 8 heteroatoms. The summed E-state index contributed by atoms with van der Waals surface area (Å²) in [6.07, 6.45) is 1.83. The average molecular weight is 542 g/mol. The monoisotopic (exact) mass is 541 g/mol. The first-order valence-electron chi connectivity index (χ1n) is 13.7. The first kappa shape index (κ1) is 26.8. The van der Waals surface area contributed by atoms with Crippen LogP contribution in [0.2, 0.25) is 0 Å². The Hall–Kier alpha value is -3.75. The van der Waals surface area contributed by atoms with Gasteiger partial charge in [0.1, 0.15) is 0 Å². The highest BCUT2D eigenvalue weighted by atomic mass is 32.1. The number of rotatable bonds is 10. The summed E-state index contributed by atoms with van der Waals surface area (Å²) in [6, 6.07) is 28.6. The number of thiazole rings is 1. The number of carbonyl (C=O) groups is 2. The van der Waals surface area contributed by atoms with E-state index in [0.717, 1.165) is 42.8 Å². The average Bonchev–Trinajstić information content (AvgIpc) is 3.40. The smallest absolute Gasteiger partial charge is 0.323 e. The summed E-state index contributed by atoms with van der Waals surface area (Å²) in [5.74, 6) is 0.321. The van der Waals surface area contributed by atoms with E-state index in [1.807, 2.05) is 46.2 Å². The zero-order chi connectivity index (χ0) is 26.9. The number of fused-ring (bicyclic) bond motifs is 1. The van der Waals surface area contributed by atoms with Crippen molar-refractivity contribution in [3.05, 3.63) is 96.1 Å². The van der Waals surface area contributed by atoms with Gasteiger partial charge in [0.15, 0.2) is 5.13 Å². The number of nitrogens with one attached hydrogen (secondary N) is 2. The van der Waals surface area contributed by atoms with Gasteiger partial charge in [0, 0.05) is 51.6 Å². The van der Waals surface area contributed by atoms with E-state index in [1.54, 1.807) is 0 Å².